The van der Waals surface area contributed by atoms with Crippen LogP contribution in [-0.2, 0) is 9.84 Å². The van der Waals surface area contributed by atoms with Crippen molar-refractivity contribution < 1.29 is 8.42 Å². The lowest BCUT2D eigenvalue weighted by atomic mass is 10.1. The van der Waals surface area contributed by atoms with E-state index >= 15 is 0 Å². The summed E-state index contributed by atoms with van der Waals surface area (Å²) in [6.45, 7) is 0. The topological polar surface area (TPSA) is 60.2 Å². The number of nitrogens with two attached hydrogens (primary N) is 1. The molecule has 0 heterocycles. The molecule has 0 aliphatic carbocycles. The molecule has 0 aliphatic heterocycles. The third kappa shape index (κ3) is 3.77. The second kappa shape index (κ2) is 4.42. The fraction of sp³-hybridized carbons (Fsp3) is 0.333. The molecule has 1 atom stereocenters. The van der Waals surface area contributed by atoms with E-state index in [9.17, 15) is 8.42 Å². The first kappa shape index (κ1) is 11.7. The Bertz CT molecular complexity index is 399. The Kier molecular flexibility index (Phi) is 3.69. The van der Waals surface area contributed by atoms with Crippen molar-refractivity contribution in [1.82, 2.24) is 0 Å². The molecule has 0 saturated carbocycles. The standard InChI is InChI=1S/C9H12BrNO2S/c1-14(12,13)6-9(11)7-2-4-8(10)5-3-7/h2-5,9H,6,11H2,1H3/t9-/m0/s1. The van der Waals surface area contributed by atoms with Gasteiger partial charge in [0.15, 0.2) is 0 Å². The molecule has 0 saturated heterocycles. The SMILES string of the molecule is CS(=O)(=O)C[C@H](N)c1ccc(Br)cc1. The summed E-state index contributed by atoms with van der Waals surface area (Å²) in [6, 6.07) is 6.88. The summed E-state index contributed by atoms with van der Waals surface area (Å²) < 4.78 is 22.9. The Morgan fingerprint density at radius 2 is 1.86 bits per heavy atom. The minimum atomic E-state index is -3.02. The summed E-state index contributed by atoms with van der Waals surface area (Å²) in [5, 5.41) is 0. The van der Waals surface area contributed by atoms with E-state index in [0.717, 1.165) is 10.0 Å². The van der Waals surface area contributed by atoms with Gasteiger partial charge in [0.1, 0.15) is 9.84 Å². The van der Waals surface area contributed by atoms with E-state index in [1.54, 1.807) is 0 Å². The van der Waals surface area contributed by atoms with Crippen LogP contribution in [0.3, 0.4) is 0 Å². The van der Waals surface area contributed by atoms with Gasteiger partial charge in [-0.05, 0) is 17.7 Å². The summed E-state index contributed by atoms with van der Waals surface area (Å²) in [4.78, 5) is 0. The van der Waals surface area contributed by atoms with Crippen LogP contribution in [0.4, 0.5) is 0 Å². The Hall–Kier alpha value is -0.390. The van der Waals surface area contributed by atoms with Crippen molar-refractivity contribution in [3.63, 3.8) is 0 Å². The number of hydrogen-bond acceptors (Lipinski definition) is 3. The molecule has 5 heteroatoms. The maximum absolute atomic E-state index is 11.0. The van der Waals surface area contributed by atoms with Crippen molar-refractivity contribution in [3.8, 4) is 0 Å². The molecule has 0 bridgehead atoms. The predicted octanol–water partition coefficient (Wildman–Crippen LogP) is 1.49. The molecule has 0 spiro atoms. The van der Waals surface area contributed by atoms with Gasteiger partial charge in [-0.3, -0.25) is 0 Å². The van der Waals surface area contributed by atoms with E-state index in [1.165, 1.54) is 6.26 Å². The average molecular weight is 278 g/mol. The smallest absolute Gasteiger partial charge is 0.149 e. The summed E-state index contributed by atoms with van der Waals surface area (Å²) in [5.41, 5.74) is 6.57. The second-order valence-electron chi connectivity index (χ2n) is 3.25. The van der Waals surface area contributed by atoms with Crippen LogP contribution in [0.5, 0.6) is 0 Å². The van der Waals surface area contributed by atoms with E-state index in [-0.39, 0.29) is 5.75 Å². The second-order valence-corrected chi connectivity index (χ2v) is 6.35. The van der Waals surface area contributed by atoms with Gasteiger partial charge >= 0.3 is 0 Å². The largest absolute Gasteiger partial charge is 0.323 e. The van der Waals surface area contributed by atoms with Crippen LogP contribution in [0.15, 0.2) is 28.7 Å². The Labute approximate surface area is 92.4 Å². The van der Waals surface area contributed by atoms with Crippen molar-refractivity contribution in [2.24, 2.45) is 5.73 Å². The highest BCUT2D eigenvalue weighted by Gasteiger charge is 2.12. The van der Waals surface area contributed by atoms with Gasteiger partial charge in [0.05, 0.1) is 5.75 Å². The maximum Gasteiger partial charge on any atom is 0.149 e. The normalized spacial score (nSPS) is 13.9. The monoisotopic (exact) mass is 277 g/mol. The van der Waals surface area contributed by atoms with Gasteiger partial charge < -0.3 is 5.73 Å². The number of benzene rings is 1. The first-order valence-corrected chi connectivity index (χ1v) is 6.92. The number of hydrogen-bond donors (Lipinski definition) is 1. The zero-order valence-corrected chi connectivity index (χ0v) is 10.2. The number of rotatable bonds is 3. The molecule has 1 rings (SSSR count). The third-order valence-electron chi connectivity index (χ3n) is 1.78. The number of halogens is 1. The van der Waals surface area contributed by atoms with Gasteiger partial charge in [0, 0.05) is 16.8 Å². The molecule has 0 amide bonds. The van der Waals surface area contributed by atoms with Gasteiger partial charge in [-0.1, -0.05) is 28.1 Å². The van der Waals surface area contributed by atoms with Gasteiger partial charge in [0.2, 0.25) is 0 Å². The van der Waals surface area contributed by atoms with Crippen LogP contribution >= 0.6 is 15.9 Å². The van der Waals surface area contributed by atoms with Crippen molar-refractivity contribution in [1.29, 1.82) is 0 Å². The van der Waals surface area contributed by atoms with Crippen LogP contribution < -0.4 is 5.73 Å². The van der Waals surface area contributed by atoms with Crippen molar-refractivity contribution in [2.75, 3.05) is 12.0 Å². The van der Waals surface area contributed by atoms with E-state index in [4.69, 9.17) is 5.73 Å². The van der Waals surface area contributed by atoms with E-state index in [1.807, 2.05) is 24.3 Å². The highest BCUT2D eigenvalue weighted by atomic mass is 79.9. The van der Waals surface area contributed by atoms with Crippen molar-refractivity contribution in [2.45, 2.75) is 6.04 Å². The van der Waals surface area contributed by atoms with Crippen LogP contribution in [-0.4, -0.2) is 20.4 Å². The summed E-state index contributed by atoms with van der Waals surface area (Å²) >= 11 is 3.30. The molecule has 14 heavy (non-hydrogen) atoms. The van der Waals surface area contributed by atoms with Gasteiger partial charge in [0.25, 0.3) is 0 Å². The van der Waals surface area contributed by atoms with Crippen LogP contribution in [0.25, 0.3) is 0 Å². The summed E-state index contributed by atoms with van der Waals surface area (Å²) in [5.74, 6) is -0.0192. The first-order valence-electron chi connectivity index (χ1n) is 4.07. The Morgan fingerprint density at radius 1 is 1.36 bits per heavy atom. The van der Waals surface area contributed by atoms with Gasteiger partial charge in [-0.15, -0.1) is 0 Å². The molecule has 3 nitrogen and oxygen atoms in total. The molecule has 0 unspecified atom stereocenters. The molecule has 1 aromatic carbocycles. The minimum Gasteiger partial charge on any atom is -0.323 e. The quantitative estimate of drug-likeness (QED) is 0.911. The Morgan fingerprint density at radius 3 is 2.29 bits per heavy atom. The van der Waals surface area contributed by atoms with Crippen molar-refractivity contribution >= 4 is 25.8 Å². The van der Waals surface area contributed by atoms with E-state index in [0.29, 0.717) is 0 Å². The molecular weight excluding hydrogens is 266 g/mol. The highest BCUT2D eigenvalue weighted by Crippen LogP contribution is 2.16. The van der Waals surface area contributed by atoms with Gasteiger partial charge in [-0.2, -0.15) is 0 Å². The molecule has 0 radical (unpaired) electrons. The van der Waals surface area contributed by atoms with Crippen LogP contribution in [0.1, 0.15) is 11.6 Å². The lowest BCUT2D eigenvalue weighted by Crippen LogP contribution is -2.20. The maximum atomic E-state index is 11.0. The predicted molar refractivity (Wildman–Crippen MR) is 60.8 cm³/mol. The lowest BCUT2D eigenvalue weighted by molar-refractivity contribution is 0.595. The van der Waals surface area contributed by atoms with E-state index < -0.39 is 15.9 Å². The van der Waals surface area contributed by atoms with Crippen LogP contribution in [0.2, 0.25) is 0 Å². The van der Waals surface area contributed by atoms with Gasteiger partial charge in [-0.25, -0.2) is 8.42 Å². The first-order chi connectivity index (χ1) is 6.38. The highest BCUT2D eigenvalue weighted by molar-refractivity contribution is 9.10. The molecular formula is C9H12BrNO2S. The number of sulfone groups is 1. The molecule has 0 aromatic heterocycles. The molecule has 1 aromatic rings. The fourth-order valence-electron chi connectivity index (χ4n) is 1.13. The average Bonchev–Trinajstić information content (AvgIpc) is 2.02. The summed E-state index contributed by atoms with van der Waals surface area (Å²) in [7, 11) is -3.02. The lowest BCUT2D eigenvalue weighted by Gasteiger charge is -2.10. The summed E-state index contributed by atoms with van der Waals surface area (Å²) in [6.07, 6.45) is 1.19. The Balaban J connectivity index is 2.80. The molecule has 0 fully saturated rings. The van der Waals surface area contributed by atoms with E-state index in [2.05, 4.69) is 15.9 Å². The molecule has 0 aliphatic rings. The van der Waals surface area contributed by atoms with Crippen LogP contribution in [0, 0.1) is 0 Å². The molecule has 2 N–H and O–H groups in total. The molecule has 78 valence electrons. The minimum absolute atomic E-state index is 0.0192. The fourth-order valence-corrected chi connectivity index (χ4v) is 2.24. The zero-order chi connectivity index (χ0) is 10.8. The van der Waals surface area contributed by atoms with Crippen molar-refractivity contribution in [3.05, 3.63) is 34.3 Å². The zero-order valence-electron chi connectivity index (χ0n) is 7.77. The third-order valence-corrected chi connectivity index (χ3v) is 3.27.